The van der Waals surface area contributed by atoms with E-state index < -0.39 is 27.7 Å². The van der Waals surface area contributed by atoms with Crippen molar-refractivity contribution in [2.24, 2.45) is 0 Å². The average molecular weight is 536 g/mol. The van der Waals surface area contributed by atoms with Crippen molar-refractivity contribution in [3.63, 3.8) is 0 Å². The third-order valence-corrected chi connectivity index (χ3v) is 7.58. The summed E-state index contributed by atoms with van der Waals surface area (Å²) in [4.78, 5) is 25.4. The molecule has 4 aromatic rings. The molecule has 0 saturated heterocycles. The largest absolute Gasteiger partial charge is 0.497 e. The Balaban J connectivity index is 1.60. The maximum atomic E-state index is 13.1. The van der Waals surface area contributed by atoms with Gasteiger partial charge in [0.05, 0.1) is 12.0 Å². The molecule has 0 saturated carbocycles. The first-order valence-electron chi connectivity index (χ1n) is 12.2. The lowest BCUT2D eigenvalue weighted by molar-refractivity contribution is -0.136. The van der Waals surface area contributed by atoms with Crippen LogP contribution in [-0.2, 0) is 14.8 Å². The topological polar surface area (TPSA) is 112 Å². The molecular weight excluding hydrogens is 506 g/mol. The van der Waals surface area contributed by atoms with E-state index in [0.717, 1.165) is 17.5 Å². The minimum Gasteiger partial charge on any atom is -0.497 e. The Kier molecular flexibility index (Phi) is 8.29. The Hall–Kier alpha value is -3.95. The predicted molar refractivity (Wildman–Crippen MR) is 145 cm³/mol. The van der Waals surface area contributed by atoms with Gasteiger partial charge in [-0.05, 0) is 60.9 Å². The predicted octanol–water partition coefficient (Wildman–Crippen LogP) is 5.22. The summed E-state index contributed by atoms with van der Waals surface area (Å²) in [6.45, 7) is 3.81. The SMILES string of the molecule is CCCCC(NS(=O)(=O)c1ccc(C)cc1)C(=O)Oc1ccc2c(-c3ccc(OC)cc3)cc(=O)oc2c1. The molecule has 0 radical (unpaired) electrons. The monoisotopic (exact) mass is 535 g/mol. The zero-order valence-corrected chi connectivity index (χ0v) is 22.2. The summed E-state index contributed by atoms with van der Waals surface area (Å²) >= 11 is 0. The summed E-state index contributed by atoms with van der Waals surface area (Å²) in [5, 5.41) is 0.650. The van der Waals surface area contributed by atoms with Gasteiger partial charge in [-0.1, -0.05) is 49.6 Å². The number of benzene rings is 3. The van der Waals surface area contributed by atoms with Gasteiger partial charge in [-0.2, -0.15) is 4.72 Å². The van der Waals surface area contributed by atoms with Crippen LogP contribution in [-0.4, -0.2) is 27.5 Å². The molecule has 0 spiro atoms. The second-order valence-corrected chi connectivity index (χ2v) is 10.6. The van der Waals surface area contributed by atoms with Crippen LogP contribution >= 0.6 is 0 Å². The van der Waals surface area contributed by atoms with Crippen molar-refractivity contribution in [3.05, 3.63) is 88.8 Å². The highest BCUT2D eigenvalue weighted by Crippen LogP contribution is 2.31. The van der Waals surface area contributed by atoms with Crippen molar-refractivity contribution in [2.45, 2.75) is 44.0 Å². The van der Waals surface area contributed by atoms with Crippen LogP contribution in [0.5, 0.6) is 11.5 Å². The number of esters is 1. The van der Waals surface area contributed by atoms with Gasteiger partial charge in [-0.25, -0.2) is 18.0 Å². The number of hydrogen-bond donors (Lipinski definition) is 1. The van der Waals surface area contributed by atoms with Crippen molar-refractivity contribution in [3.8, 4) is 22.6 Å². The van der Waals surface area contributed by atoms with Gasteiger partial charge in [-0.3, -0.25) is 0 Å². The van der Waals surface area contributed by atoms with E-state index in [1.165, 1.54) is 24.3 Å². The van der Waals surface area contributed by atoms with Crippen LogP contribution in [0.15, 0.2) is 86.9 Å². The number of rotatable bonds is 10. The molecule has 3 aromatic carbocycles. The molecule has 1 heterocycles. The fourth-order valence-electron chi connectivity index (χ4n) is 4.01. The first-order valence-corrected chi connectivity index (χ1v) is 13.7. The molecule has 8 nitrogen and oxygen atoms in total. The van der Waals surface area contributed by atoms with Gasteiger partial charge in [0.25, 0.3) is 0 Å². The lowest BCUT2D eigenvalue weighted by atomic mass is 10.0. The van der Waals surface area contributed by atoms with Crippen molar-refractivity contribution in [2.75, 3.05) is 7.11 Å². The smallest absolute Gasteiger partial charge is 0.336 e. The normalized spacial score (nSPS) is 12.3. The second kappa shape index (κ2) is 11.6. The quantitative estimate of drug-likeness (QED) is 0.168. The van der Waals surface area contributed by atoms with E-state index in [1.807, 2.05) is 26.0 Å². The lowest BCUT2D eigenvalue weighted by Gasteiger charge is -2.18. The number of carbonyl (C=O) groups excluding carboxylic acids is 1. The van der Waals surface area contributed by atoms with Crippen molar-refractivity contribution >= 4 is 27.0 Å². The Bertz CT molecular complexity index is 1590. The number of aryl methyl sites for hydroxylation is 1. The highest BCUT2D eigenvalue weighted by atomic mass is 32.2. The molecule has 198 valence electrons. The molecule has 0 aliphatic heterocycles. The summed E-state index contributed by atoms with van der Waals surface area (Å²) in [5.41, 5.74) is 2.04. The van der Waals surface area contributed by atoms with Gasteiger partial charge in [0.15, 0.2) is 0 Å². The highest BCUT2D eigenvalue weighted by Gasteiger charge is 2.27. The molecule has 0 aliphatic rings. The molecule has 1 unspecified atom stereocenters. The molecule has 0 amide bonds. The number of methoxy groups -OCH3 is 1. The van der Waals surface area contributed by atoms with E-state index in [9.17, 15) is 18.0 Å². The molecule has 0 fully saturated rings. The lowest BCUT2D eigenvalue weighted by Crippen LogP contribution is -2.42. The number of ether oxygens (including phenoxy) is 2. The zero-order valence-electron chi connectivity index (χ0n) is 21.4. The summed E-state index contributed by atoms with van der Waals surface area (Å²) in [6.07, 6.45) is 1.66. The van der Waals surface area contributed by atoms with Crippen molar-refractivity contribution < 1.29 is 27.1 Å². The summed E-state index contributed by atoms with van der Waals surface area (Å²) in [6, 6.07) is 18.7. The Morgan fingerprint density at radius 1 is 0.974 bits per heavy atom. The first-order chi connectivity index (χ1) is 18.2. The molecule has 0 aliphatic carbocycles. The summed E-state index contributed by atoms with van der Waals surface area (Å²) in [7, 11) is -2.37. The third-order valence-electron chi connectivity index (χ3n) is 6.10. The summed E-state index contributed by atoms with van der Waals surface area (Å²) in [5.74, 6) is 0.0709. The Morgan fingerprint density at radius 3 is 2.32 bits per heavy atom. The van der Waals surface area contributed by atoms with Crippen LogP contribution in [0.3, 0.4) is 0 Å². The van der Waals surface area contributed by atoms with Gasteiger partial charge in [0.2, 0.25) is 10.0 Å². The highest BCUT2D eigenvalue weighted by molar-refractivity contribution is 7.89. The third kappa shape index (κ3) is 6.30. The fourth-order valence-corrected chi connectivity index (χ4v) is 5.23. The van der Waals surface area contributed by atoms with E-state index in [4.69, 9.17) is 13.9 Å². The van der Waals surface area contributed by atoms with Gasteiger partial charge >= 0.3 is 11.6 Å². The van der Waals surface area contributed by atoms with E-state index in [2.05, 4.69) is 4.72 Å². The number of nitrogens with one attached hydrogen (secondary N) is 1. The van der Waals surface area contributed by atoms with Crippen LogP contribution in [0.4, 0.5) is 0 Å². The minimum atomic E-state index is -3.95. The number of unbranched alkanes of at least 4 members (excludes halogenated alkanes) is 1. The number of sulfonamides is 1. The number of carbonyl (C=O) groups is 1. The molecule has 1 N–H and O–H groups in total. The minimum absolute atomic E-state index is 0.0657. The maximum Gasteiger partial charge on any atom is 0.336 e. The van der Waals surface area contributed by atoms with Gasteiger partial charge in [0, 0.05) is 17.5 Å². The zero-order chi connectivity index (χ0) is 27.3. The van der Waals surface area contributed by atoms with Crippen molar-refractivity contribution in [1.29, 1.82) is 0 Å². The standard InChI is InChI=1S/C29H29NO7S/c1-4-5-6-26(30-38(33,34)23-14-7-19(2)8-15-23)29(32)36-22-13-16-24-25(18-28(31)37-27(24)17-22)20-9-11-21(35-3)12-10-20/h7-18,26,30H,4-6H2,1-3H3. The average Bonchev–Trinajstić information content (AvgIpc) is 2.90. The molecule has 38 heavy (non-hydrogen) atoms. The van der Waals surface area contributed by atoms with Crippen LogP contribution in [0.1, 0.15) is 31.7 Å². The van der Waals surface area contributed by atoms with Crippen LogP contribution in [0.25, 0.3) is 22.1 Å². The van der Waals surface area contributed by atoms with Gasteiger partial charge in [-0.15, -0.1) is 0 Å². The molecular formula is C29H29NO7S. The Labute approximate surface area is 221 Å². The molecule has 1 atom stereocenters. The van der Waals surface area contributed by atoms with Crippen molar-refractivity contribution in [1.82, 2.24) is 4.72 Å². The second-order valence-electron chi connectivity index (χ2n) is 8.92. The first kappa shape index (κ1) is 27.1. The molecule has 4 rings (SSSR count). The molecule has 9 heteroatoms. The van der Waals surface area contributed by atoms with E-state index in [-0.39, 0.29) is 22.6 Å². The van der Waals surface area contributed by atoms with Crippen LogP contribution < -0.4 is 19.8 Å². The Morgan fingerprint density at radius 2 is 1.66 bits per heavy atom. The number of fused-ring (bicyclic) bond motifs is 1. The van der Waals surface area contributed by atoms with Gasteiger partial charge < -0.3 is 13.9 Å². The van der Waals surface area contributed by atoms with E-state index in [0.29, 0.717) is 23.1 Å². The molecule has 1 aromatic heterocycles. The van der Waals surface area contributed by atoms with Crippen LogP contribution in [0.2, 0.25) is 0 Å². The van der Waals surface area contributed by atoms with Gasteiger partial charge in [0.1, 0.15) is 23.1 Å². The van der Waals surface area contributed by atoms with Crippen LogP contribution in [0, 0.1) is 6.92 Å². The fraction of sp³-hybridized carbons (Fsp3) is 0.241. The number of hydrogen-bond acceptors (Lipinski definition) is 7. The van der Waals surface area contributed by atoms with E-state index in [1.54, 1.807) is 43.5 Å². The maximum absolute atomic E-state index is 13.1. The summed E-state index contributed by atoms with van der Waals surface area (Å²) < 4.78 is 44.5. The molecule has 0 bridgehead atoms. The van der Waals surface area contributed by atoms with E-state index >= 15 is 0 Å².